The van der Waals surface area contributed by atoms with Crippen molar-refractivity contribution in [3.63, 3.8) is 0 Å². The third-order valence-electron chi connectivity index (χ3n) is 4.91. The molecule has 0 N–H and O–H groups in total. The lowest BCUT2D eigenvalue weighted by Gasteiger charge is -2.24. The van der Waals surface area contributed by atoms with Gasteiger partial charge in [-0.25, -0.2) is 8.78 Å². The number of aryl methyl sites for hydroxylation is 1. The molecule has 146 valence electrons. The second-order valence-electron chi connectivity index (χ2n) is 6.97. The Morgan fingerprint density at radius 3 is 2.66 bits per heavy atom. The Morgan fingerprint density at radius 2 is 1.86 bits per heavy atom. The molecular weight excluding hydrogens is 378 g/mol. The van der Waals surface area contributed by atoms with Gasteiger partial charge in [0.2, 0.25) is 5.82 Å². The smallest absolute Gasteiger partial charge is 0.278 e. The second kappa shape index (κ2) is 6.89. The van der Waals surface area contributed by atoms with Crippen LogP contribution in [0.15, 0.2) is 53.1 Å². The van der Waals surface area contributed by atoms with Gasteiger partial charge in [0.15, 0.2) is 17.3 Å². The average molecular weight is 394 g/mol. The summed E-state index contributed by atoms with van der Waals surface area (Å²) < 4.78 is 39.7. The molecule has 3 heterocycles. The summed E-state index contributed by atoms with van der Waals surface area (Å²) in [5.74, 6) is -1.52. The molecule has 2 aromatic heterocycles. The molecule has 0 amide bonds. The first-order chi connectivity index (χ1) is 14.1. The maximum atomic E-state index is 13.5. The van der Waals surface area contributed by atoms with Crippen LogP contribution in [-0.4, -0.2) is 19.9 Å². The second-order valence-corrected chi connectivity index (χ2v) is 6.97. The fourth-order valence-corrected chi connectivity index (χ4v) is 3.29. The Balaban J connectivity index is 1.40. The number of nitrogens with zero attached hydrogens (tertiary/aromatic N) is 4. The number of rotatable bonds is 3. The van der Waals surface area contributed by atoms with Crippen LogP contribution in [0.4, 0.5) is 8.78 Å². The van der Waals surface area contributed by atoms with E-state index in [1.54, 1.807) is 0 Å². The highest BCUT2D eigenvalue weighted by Gasteiger charge is 2.24. The largest absolute Gasteiger partial charge is 0.365 e. The van der Waals surface area contributed by atoms with Gasteiger partial charge in [-0.2, -0.15) is 10.1 Å². The lowest BCUT2D eigenvalue weighted by Crippen LogP contribution is -2.21. The van der Waals surface area contributed by atoms with Crippen LogP contribution in [-0.2, 0) is 17.9 Å². The van der Waals surface area contributed by atoms with E-state index in [4.69, 9.17) is 9.26 Å². The van der Waals surface area contributed by atoms with Gasteiger partial charge in [0.1, 0.15) is 6.10 Å². The summed E-state index contributed by atoms with van der Waals surface area (Å²) in [5.41, 5.74) is 4.02. The van der Waals surface area contributed by atoms with E-state index in [1.165, 1.54) is 11.6 Å². The summed E-state index contributed by atoms with van der Waals surface area (Å²) >= 11 is 0. The molecule has 0 saturated heterocycles. The Hall–Kier alpha value is -3.39. The van der Waals surface area contributed by atoms with Crippen molar-refractivity contribution in [3.8, 4) is 23.0 Å². The zero-order valence-electron chi connectivity index (χ0n) is 15.5. The minimum Gasteiger partial charge on any atom is -0.365 e. The van der Waals surface area contributed by atoms with E-state index < -0.39 is 11.6 Å². The van der Waals surface area contributed by atoms with E-state index >= 15 is 0 Å². The molecule has 0 bridgehead atoms. The van der Waals surface area contributed by atoms with Gasteiger partial charge in [0.05, 0.1) is 18.8 Å². The summed E-state index contributed by atoms with van der Waals surface area (Å²) in [5, 5.41) is 8.41. The third kappa shape index (κ3) is 3.31. The van der Waals surface area contributed by atoms with Gasteiger partial charge in [-0.15, -0.1) is 0 Å². The number of fused-ring (bicyclic) bond motifs is 1. The van der Waals surface area contributed by atoms with Crippen molar-refractivity contribution in [2.75, 3.05) is 0 Å². The SMILES string of the molecule is Cc1ccc(C2Cn3nc(-c4nc(-c5ccc(F)c(F)c5)no4)cc3CO2)cc1. The van der Waals surface area contributed by atoms with Gasteiger partial charge < -0.3 is 9.26 Å². The molecule has 1 aliphatic heterocycles. The molecule has 0 fully saturated rings. The minimum atomic E-state index is -0.967. The Kier molecular flexibility index (Phi) is 4.21. The van der Waals surface area contributed by atoms with E-state index in [1.807, 2.05) is 17.7 Å². The zero-order chi connectivity index (χ0) is 20.0. The number of ether oxygens (including phenoxy) is 1. The minimum absolute atomic E-state index is 0.0868. The molecule has 0 aliphatic carbocycles. The molecule has 5 rings (SSSR count). The fraction of sp³-hybridized carbons (Fsp3) is 0.190. The standard InChI is InChI=1S/C21H16F2N4O2/c1-12-2-4-13(5-3-12)19-10-27-15(11-28-19)9-18(25-27)21-24-20(26-29-21)14-6-7-16(22)17(23)8-14/h2-9,19H,10-11H2,1H3. The van der Waals surface area contributed by atoms with Gasteiger partial charge in [-0.05, 0) is 36.8 Å². The van der Waals surface area contributed by atoms with E-state index in [0.717, 1.165) is 23.4 Å². The third-order valence-corrected chi connectivity index (χ3v) is 4.91. The first-order valence-electron chi connectivity index (χ1n) is 9.11. The van der Waals surface area contributed by atoms with Crippen LogP contribution in [0.5, 0.6) is 0 Å². The number of hydrogen-bond donors (Lipinski definition) is 0. The molecule has 0 saturated carbocycles. The Morgan fingerprint density at radius 1 is 1.03 bits per heavy atom. The van der Waals surface area contributed by atoms with Gasteiger partial charge in [0, 0.05) is 5.56 Å². The number of hydrogen-bond acceptors (Lipinski definition) is 5. The summed E-state index contributed by atoms with van der Waals surface area (Å²) in [7, 11) is 0. The van der Waals surface area contributed by atoms with Crippen LogP contribution in [0.1, 0.15) is 22.9 Å². The Bertz CT molecular complexity index is 1180. The highest BCUT2D eigenvalue weighted by Crippen LogP contribution is 2.29. The molecule has 1 aliphatic rings. The molecule has 29 heavy (non-hydrogen) atoms. The molecule has 1 atom stereocenters. The van der Waals surface area contributed by atoms with Gasteiger partial charge in [-0.1, -0.05) is 35.0 Å². The molecule has 0 radical (unpaired) electrons. The van der Waals surface area contributed by atoms with Crippen molar-refractivity contribution < 1.29 is 18.0 Å². The lowest BCUT2D eigenvalue weighted by molar-refractivity contribution is -0.00113. The van der Waals surface area contributed by atoms with Crippen molar-refractivity contribution in [3.05, 3.63) is 77.0 Å². The first kappa shape index (κ1) is 17.7. The fourth-order valence-electron chi connectivity index (χ4n) is 3.29. The predicted octanol–water partition coefficient (Wildman–Crippen LogP) is 4.46. The van der Waals surface area contributed by atoms with Gasteiger partial charge >= 0.3 is 0 Å². The Labute approximate surface area is 164 Å². The van der Waals surface area contributed by atoms with Crippen LogP contribution in [0.25, 0.3) is 23.0 Å². The summed E-state index contributed by atoms with van der Waals surface area (Å²) in [6, 6.07) is 13.5. The maximum Gasteiger partial charge on any atom is 0.278 e. The monoisotopic (exact) mass is 394 g/mol. The molecule has 0 spiro atoms. The average Bonchev–Trinajstić information content (AvgIpc) is 3.37. The van der Waals surface area contributed by atoms with Crippen LogP contribution >= 0.6 is 0 Å². The highest BCUT2D eigenvalue weighted by atomic mass is 19.2. The van der Waals surface area contributed by atoms with E-state index in [9.17, 15) is 8.78 Å². The lowest BCUT2D eigenvalue weighted by atomic mass is 10.1. The van der Waals surface area contributed by atoms with Gasteiger partial charge in [-0.3, -0.25) is 4.68 Å². The predicted molar refractivity (Wildman–Crippen MR) is 99.6 cm³/mol. The quantitative estimate of drug-likeness (QED) is 0.513. The molecule has 2 aromatic carbocycles. The van der Waals surface area contributed by atoms with Gasteiger partial charge in [0.25, 0.3) is 5.89 Å². The maximum absolute atomic E-state index is 13.5. The van der Waals surface area contributed by atoms with Crippen molar-refractivity contribution in [2.45, 2.75) is 26.2 Å². The number of benzene rings is 2. The zero-order valence-corrected chi connectivity index (χ0v) is 15.5. The molecule has 6 nitrogen and oxygen atoms in total. The summed E-state index contributed by atoms with van der Waals surface area (Å²) in [4.78, 5) is 4.27. The van der Waals surface area contributed by atoms with Crippen molar-refractivity contribution in [2.24, 2.45) is 0 Å². The van der Waals surface area contributed by atoms with Crippen LogP contribution in [0.3, 0.4) is 0 Å². The molecular formula is C21H16F2N4O2. The molecule has 8 heteroatoms. The summed E-state index contributed by atoms with van der Waals surface area (Å²) in [6.45, 7) is 3.03. The highest BCUT2D eigenvalue weighted by molar-refractivity contribution is 5.58. The molecule has 4 aromatic rings. The van der Waals surface area contributed by atoms with Crippen molar-refractivity contribution in [1.29, 1.82) is 0 Å². The van der Waals surface area contributed by atoms with E-state index in [2.05, 4.69) is 39.5 Å². The van der Waals surface area contributed by atoms with Crippen LogP contribution in [0, 0.1) is 18.6 Å². The topological polar surface area (TPSA) is 66.0 Å². The number of halogens is 2. The van der Waals surface area contributed by atoms with Crippen LogP contribution in [0.2, 0.25) is 0 Å². The summed E-state index contributed by atoms with van der Waals surface area (Å²) in [6.07, 6.45) is -0.0868. The van der Waals surface area contributed by atoms with Crippen molar-refractivity contribution in [1.82, 2.24) is 19.9 Å². The molecule has 1 unspecified atom stereocenters. The first-order valence-corrected chi connectivity index (χ1v) is 9.11. The van der Waals surface area contributed by atoms with E-state index in [-0.39, 0.29) is 17.8 Å². The number of aromatic nitrogens is 4. The normalized spacial score (nSPS) is 16.0. The van der Waals surface area contributed by atoms with Crippen molar-refractivity contribution >= 4 is 0 Å². The van der Waals surface area contributed by atoms with E-state index in [0.29, 0.717) is 24.4 Å². The van der Waals surface area contributed by atoms with Crippen LogP contribution < -0.4 is 0 Å².